The number of hydrogen-bond acceptors (Lipinski definition) is 4. The Labute approximate surface area is 279 Å². The molecule has 11 aromatic rings. The highest BCUT2D eigenvalue weighted by Crippen LogP contribution is 2.38. The van der Waals surface area contributed by atoms with Gasteiger partial charge in [-0.1, -0.05) is 109 Å². The zero-order chi connectivity index (χ0) is 32.1. The summed E-state index contributed by atoms with van der Waals surface area (Å²) in [6.07, 6.45) is 0. The van der Waals surface area contributed by atoms with Gasteiger partial charge in [0.15, 0.2) is 17.1 Å². The van der Waals surface area contributed by atoms with E-state index in [1.54, 1.807) is 0 Å². The Hall–Kier alpha value is -6.65. The molecule has 11 rings (SSSR count). The molecule has 0 saturated heterocycles. The monoisotopic (exact) mass is 623 g/mol. The molecule has 0 aliphatic rings. The van der Waals surface area contributed by atoms with Crippen molar-refractivity contribution in [2.75, 3.05) is 0 Å². The van der Waals surface area contributed by atoms with Gasteiger partial charge in [-0.3, -0.25) is 0 Å². The number of fused-ring (bicyclic) bond motifs is 15. The van der Waals surface area contributed by atoms with Crippen molar-refractivity contribution in [1.29, 1.82) is 0 Å². The zero-order valence-electron chi connectivity index (χ0n) is 26.2. The molecule has 4 heteroatoms. The van der Waals surface area contributed by atoms with E-state index in [1.807, 2.05) is 18.2 Å². The quantitative estimate of drug-likeness (QED) is 0.171. The Bertz CT molecular complexity index is 3220. The summed E-state index contributed by atoms with van der Waals surface area (Å²) in [5.41, 5.74) is 3.98. The van der Waals surface area contributed by atoms with Crippen molar-refractivity contribution >= 4 is 97.9 Å². The van der Waals surface area contributed by atoms with Gasteiger partial charge in [0.25, 0.3) is 0 Å². The van der Waals surface area contributed by atoms with Gasteiger partial charge < -0.3 is 4.42 Å². The van der Waals surface area contributed by atoms with Crippen molar-refractivity contribution in [1.82, 2.24) is 15.0 Å². The van der Waals surface area contributed by atoms with E-state index in [1.165, 1.54) is 32.3 Å². The summed E-state index contributed by atoms with van der Waals surface area (Å²) in [6.45, 7) is 0. The van der Waals surface area contributed by atoms with Gasteiger partial charge in [-0.05, 0) is 96.3 Å². The van der Waals surface area contributed by atoms with Gasteiger partial charge in [-0.25, -0.2) is 15.0 Å². The SMILES string of the molecule is c1ccc(-c2nc3nc(n2)c2ccc4c5ccccc5c5ccc(cc5c4c2)c2ccc4oc5ccc(cc5c4c2)c2cccc3c2)cc1. The molecule has 8 aromatic carbocycles. The van der Waals surface area contributed by atoms with Crippen LogP contribution in [0.15, 0.2) is 156 Å². The van der Waals surface area contributed by atoms with Crippen molar-refractivity contribution in [3.63, 3.8) is 0 Å². The summed E-state index contributed by atoms with van der Waals surface area (Å²) in [5, 5.41) is 15.8. The van der Waals surface area contributed by atoms with E-state index in [0.717, 1.165) is 59.8 Å². The van der Waals surface area contributed by atoms with Crippen molar-refractivity contribution in [2.45, 2.75) is 0 Å². The minimum absolute atomic E-state index is 0.636. The van der Waals surface area contributed by atoms with Gasteiger partial charge in [-0.15, -0.1) is 0 Å². The largest absolute Gasteiger partial charge is 0.456 e. The van der Waals surface area contributed by atoms with Crippen LogP contribution < -0.4 is 0 Å². The average molecular weight is 624 g/mol. The second kappa shape index (κ2) is 9.93. The van der Waals surface area contributed by atoms with Crippen LogP contribution in [0, 0.1) is 0 Å². The Kier molecular flexibility index (Phi) is 5.35. The summed E-state index contributed by atoms with van der Waals surface area (Å²) < 4.78 is 6.34. The zero-order valence-corrected chi connectivity index (χ0v) is 26.2. The van der Waals surface area contributed by atoms with Crippen LogP contribution in [0.1, 0.15) is 0 Å². The predicted molar refractivity (Wildman–Crippen MR) is 204 cm³/mol. The van der Waals surface area contributed by atoms with Crippen LogP contribution in [0.3, 0.4) is 0 Å². The van der Waals surface area contributed by atoms with Crippen molar-refractivity contribution in [3.05, 3.63) is 152 Å². The lowest BCUT2D eigenvalue weighted by Crippen LogP contribution is -1.94. The third-order valence-corrected chi connectivity index (χ3v) is 10.0. The lowest BCUT2D eigenvalue weighted by atomic mass is 9.92. The standard InChI is InChI=1S/C45H25N3O/c1-2-7-26(8-3-1)43-46-44-31-10-6-9-27(21-31)29-15-19-41-39(23-29)40-24-30(16-20-42(40)49-41)28-13-17-35-33-11-4-5-12-34(33)36-18-14-32(45(47-43)48-44)25-38(36)37(35)22-28/h1-25H. The molecule has 0 aliphatic heterocycles. The molecule has 0 amide bonds. The molecule has 0 saturated carbocycles. The Morgan fingerprint density at radius 3 is 1.43 bits per heavy atom. The maximum absolute atomic E-state index is 6.34. The number of furan rings is 1. The molecule has 0 aliphatic carbocycles. The summed E-state index contributed by atoms with van der Waals surface area (Å²) in [4.78, 5) is 15.3. The fourth-order valence-corrected chi connectivity index (χ4v) is 7.60. The third-order valence-electron chi connectivity index (χ3n) is 10.0. The summed E-state index contributed by atoms with van der Waals surface area (Å²) in [6, 6.07) is 53.8. The van der Waals surface area contributed by atoms with Crippen molar-refractivity contribution in [3.8, 4) is 11.4 Å². The molecule has 12 bridgehead atoms. The topological polar surface area (TPSA) is 51.8 Å². The molecule has 3 heterocycles. The van der Waals surface area contributed by atoms with E-state index in [0.29, 0.717) is 17.1 Å². The second-order valence-electron chi connectivity index (χ2n) is 12.8. The molecular weight excluding hydrogens is 599 g/mol. The summed E-state index contributed by atoms with van der Waals surface area (Å²) >= 11 is 0. The fraction of sp³-hybridized carbons (Fsp3) is 0. The maximum Gasteiger partial charge on any atom is 0.164 e. The highest BCUT2D eigenvalue weighted by atomic mass is 16.3. The van der Waals surface area contributed by atoms with E-state index in [2.05, 4.69) is 133 Å². The van der Waals surface area contributed by atoms with Gasteiger partial charge in [0.05, 0.1) is 0 Å². The van der Waals surface area contributed by atoms with Crippen LogP contribution in [0.2, 0.25) is 0 Å². The Balaban J connectivity index is 1.39. The first-order chi connectivity index (χ1) is 24.2. The number of hydrogen-bond donors (Lipinski definition) is 0. The first kappa shape index (κ1) is 26.4. The lowest BCUT2D eigenvalue weighted by molar-refractivity contribution is 0.669. The van der Waals surface area contributed by atoms with Crippen molar-refractivity contribution in [2.24, 2.45) is 0 Å². The number of rotatable bonds is 1. The molecule has 4 nitrogen and oxygen atoms in total. The first-order valence-corrected chi connectivity index (χ1v) is 16.5. The molecule has 0 N–H and O–H groups in total. The Morgan fingerprint density at radius 2 is 0.776 bits per heavy atom. The van der Waals surface area contributed by atoms with Gasteiger partial charge in [0, 0.05) is 27.1 Å². The molecular formula is C45H25N3O. The summed E-state index contributed by atoms with van der Waals surface area (Å²) in [7, 11) is 0. The van der Waals surface area contributed by atoms with Crippen LogP contribution in [0.4, 0.5) is 0 Å². The summed E-state index contributed by atoms with van der Waals surface area (Å²) in [5.74, 6) is 0.645. The lowest BCUT2D eigenvalue weighted by Gasteiger charge is -2.11. The maximum atomic E-state index is 6.34. The first-order valence-electron chi connectivity index (χ1n) is 16.5. The normalized spacial score (nSPS) is 12.1. The molecule has 49 heavy (non-hydrogen) atoms. The molecule has 0 spiro atoms. The predicted octanol–water partition coefficient (Wildman–Crippen LogP) is 12.1. The molecule has 0 fully saturated rings. The Morgan fingerprint density at radius 1 is 0.306 bits per heavy atom. The van der Waals surface area contributed by atoms with Gasteiger partial charge in [0.2, 0.25) is 0 Å². The number of nitrogens with zero attached hydrogens (tertiary/aromatic N) is 3. The highest BCUT2D eigenvalue weighted by molar-refractivity contribution is 6.27. The van der Waals surface area contributed by atoms with E-state index >= 15 is 0 Å². The van der Waals surface area contributed by atoms with E-state index in [4.69, 9.17) is 19.4 Å². The van der Waals surface area contributed by atoms with Gasteiger partial charge in [-0.2, -0.15) is 0 Å². The molecule has 0 radical (unpaired) electrons. The van der Waals surface area contributed by atoms with Gasteiger partial charge >= 0.3 is 0 Å². The minimum atomic E-state index is 0.636. The third kappa shape index (κ3) is 4.01. The smallest absolute Gasteiger partial charge is 0.164 e. The fourth-order valence-electron chi connectivity index (χ4n) is 7.60. The molecule has 0 unspecified atom stereocenters. The van der Waals surface area contributed by atoms with E-state index in [9.17, 15) is 0 Å². The van der Waals surface area contributed by atoms with Crippen LogP contribution >= 0.6 is 0 Å². The second-order valence-corrected chi connectivity index (χ2v) is 12.8. The number of aromatic nitrogens is 3. The number of benzene rings is 8. The average Bonchev–Trinajstić information content (AvgIpc) is 3.55. The van der Waals surface area contributed by atoms with Gasteiger partial charge in [0.1, 0.15) is 11.2 Å². The van der Waals surface area contributed by atoms with Crippen LogP contribution in [-0.2, 0) is 0 Å². The van der Waals surface area contributed by atoms with Crippen LogP contribution in [0.25, 0.3) is 109 Å². The minimum Gasteiger partial charge on any atom is -0.456 e. The molecule has 0 atom stereocenters. The van der Waals surface area contributed by atoms with Crippen molar-refractivity contribution < 1.29 is 4.42 Å². The van der Waals surface area contributed by atoms with E-state index < -0.39 is 0 Å². The van der Waals surface area contributed by atoms with Crippen LogP contribution in [0.5, 0.6) is 0 Å². The van der Waals surface area contributed by atoms with Crippen LogP contribution in [-0.4, -0.2) is 15.0 Å². The molecule has 3 aromatic heterocycles. The van der Waals surface area contributed by atoms with E-state index in [-0.39, 0.29) is 0 Å². The molecule has 226 valence electrons. The highest BCUT2D eigenvalue weighted by Gasteiger charge is 2.13.